The molecule has 4 rings (SSSR count). The number of halogens is 3. The Hall–Kier alpha value is -1.53. The lowest BCUT2D eigenvalue weighted by molar-refractivity contribution is -0.192. The Kier molecular flexibility index (Phi) is 7.51. The van der Waals surface area contributed by atoms with E-state index in [4.69, 9.17) is 19.4 Å². The minimum absolute atomic E-state index is 0.169. The fraction of sp³-hybridized carbons (Fsp3) is 0.579. The van der Waals surface area contributed by atoms with Crippen molar-refractivity contribution in [2.24, 2.45) is 11.3 Å². The van der Waals surface area contributed by atoms with Crippen molar-refractivity contribution in [3.05, 3.63) is 38.5 Å². The molecule has 0 radical (unpaired) electrons. The van der Waals surface area contributed by atoms with E-state index in [-0.39, 0.29) is 5.41 Å². The van der Waals surface area contributed by atoms with E-state index in [2.05, 4.69) is 32.8 Å². The lowest BCUT2D eigenvalue weighted by Crippen LogP contribution is -2.35. The monoisotopic (exact) mass is 464 g/mol. The molecule has 0 spiro atoms. The van der Waals surface area contributed by atoms with Gasteiger partial charge in [0, 0.05) is 41.2 Å². The second-order valence-electron chi connectivity index (χ2n) is 7.48. The van der Waals surface area contributed by atoms with Crippen LogP contribution in [0.1, 0.15) is 15.6 Å². The number of aliphatic carboxylic acids is 1. The number of carbonyl (C=O) groups is 1. The predicted octanol–water partition coefficient (Wildman–Crippen LogP) is 3.81. The van der Waals surface area contributed by atoms with E-state index in [1.807, 2.05) is 18.3 Å². The number of aromatic nitrogens is 1. The molecular formula is C19H23F3N2O4S2. The Labute approximate surface area is 180 Å². The normalized spacial score (nSPS) is 23.8. The third-order valence-corrected chi connectivity index (χ3v) is 6.78. The molecule has 2 aliphatic rings. The van der Waals surface area contributed by atoms with Crippen molar-refractivity contribution >= 4 is 28.6 Å². The summed E-state index contributed by atoms with van der Waals surface area (Å²) in [5, 5.41) is 12.5. The van der Waals surface area contributed by atoms with Gasteiger partial charge in [-0.2, -0.15) is 13.2 Å². The van der Waals surface area contributed by atoms with Gasteiger partial charge in [-0.05, 0) is 18.4 Å². The molecule has 2 fully saturated rings. The van der Waals surface area contributed by atoms with E-state index in [0.717, 1.165) is 50.2 Å². The smallest absolute Gasteiger partial charge is 0.475 e. The molecule has 0 aromatic carbocycles. The average molecular weight is 465 g/mol. The Morgan fingerprint density at radius 1 is 1.47 bits per heavy atom. The summed E-state index contributed by atoms with van der Waals surface area (Å²) in [6, 6.07) is 4.36. The van der Waals surface area contributed by atoms with Gasteiger partial charge < -0.3 is 14.6 Å². The number of alkyl halides is 3. The molecule has 6 nitrogen and oxygen atoms in total. The molecule has 2 aromatic rings. The largest absolute Gasteiger partial charge is 0.490 e. The van der Waals surface area contributed by atoms with Crippen LogP contribution in [0.15, 0.2) is 22.9 Å². The van der Waals surface area contributed by atoms with Crippen molar-refractivity contribution in [2.75, 3.05) is 32.9 Å². The van der Waals surface area contributed by atoms with Crippen LogP contribution in [-0.4, -0.2) is 60.0 Å². The molecule has 2 saturated heterocycles. The highest BCUT2D eigenvalue weighted by Gasteiger charge is 2.50. The third-order valence-electron chi connectivity index (χ3n) is 5.10. The molecule has 0 aliphatic carbocycles. The van der Waals surface area contributed by atoms with Crippen LogP contribution in [0.25, 0.3) is 0 Å². The Morgan fingerprint density at radius 2 is 2.23 bits per heavy atom. The molecule has 2 atom stereocenters. The van der Waals surface area contributed by atoms with Crippen molar-refractivity contribution in [3.63, 3.8) is 0 Å². The van der Waals surface area contributed by atoms with Gasteiger partial charge in [0.05, 0.1) is 37.1 Å². The van der Waals surface area contributed by atoms with E-state index in [9.17, 15) is 13.2 Å². The Morgan fingerprint density at radius 3 is 2.83 bits per heavy atom. The number of thiophene rings is 1. The van der Waals surface area contributed by atoms with E-state index in [1.54, 1.807) is 11.3 Å². The van der Waals surface area contributed by atoms with Crippen LogP contribution in [-0.2, 0) is 27.4 Å². The zero-order chi connectivity index (χ0) is 21.8. The average Bonchev–Trinajstić information content (AvgIpc) is 3.41. The van der Waals surface area contributed by atoms with Crippen molar-refractivity contribution in [1.82, 2.24) is 9.88 Å². The second-order valence-corrected chi connectivity index (χ2v) is 9.57. The number of aryl methyl sites for hydroxylation is 1. The van der Waals surface area contributed by atoms with Gasteiger partial charge in [-0.3, -0.25) is 4.90 Å². The number of carboxylic acids is 1. The molecule has 0 saturated carbocycles. The topological polar surface area (TPSA) is 71.9 Å². The first-order chi connectivity index (χ1) is 14.2. The van der Waals surface area contributed by atoms with Gasteiger partial charge in [-0.1, -0.05) is 6.07 Å². The molecule has 166 valence electrons. The van der Waals surface area contributed by atoms with Crippen LogP contribution in [0.4, 0.5) is 13.2 Å². The number of rotatable bonds is 6. The van der Waals surface area contributed by atoms with Crippen molar-refractivity contribution in [3.8, 4) is 0 Å². The summed E-state index contributed by atoms with van der Waals surface area (Å²) in [5.41, 5.74) is 1.22. The molecule has 0 unspecified atom stereocenters. The fourth-order valence-corrected chi connectivity index (χ4v) is 5.07. The van der Waals surface area contributed by atoms with E-state index in [0.29, 0.717) is 12.5 Å². The number of thiazole rings is 1. The maximum absolute atomic E-state index is 10.6. The number of likely N-dealkylation sites (tertiary alicyclic amines) is 1. The van der Waals surface area contributed by atoms with Crippen LogP contribution >= 0.6 is 22.7 Å². The van der Waals surface area contributed by atoms with E-state index >= 15 is 0 Å². The highest BCUT2D eigenvalue weighted by atomic mass is 32.1. The van der Waals surface area contributed by atoms with Gasteiger partial charge in [0.25, 0.3) is 0 Å². The highest BCUT2D eigenvalue weighted by molar-refractivity contribution is 7.10. The molecule has 0 amide bonds. The highest BCUT2D eigenvalue weighted by Crippen LogP contribution is 2.42. The minimum Gasteiger partial charge on any atom is -0.475 e. The van der Waals surface area contributed by atoms with Gasteiger partial charge in [-0.25, -0.2) is 9.78 Å². The van der Waals surface area contributed by atoms with Crippen molar-refractivity contribution in [2.45, 2.75) is 26.3 Å². The van der Waals surface area contributed by atoms with E-state index < -0.39 is 12.1 Å². The first-order valence-corrected chi connectivity index (χ1v) is 11.1. The maximum atomic E-state index is 10.6. The zero-order valence-electron chi connectivity index (χ0n) is 16.4. The number of carboxylic acid groups (broad SMARTS) is 1. The van der Waals surface area contributed by atoms with Gasteiger partial charge in [0.2, 0.25) is 0 Å². The van der Waals surface area contributed by atoms with Gasteiger partial charge in [0.1, 0.15) is 0 Å². The van der Waals surface area contributed by atoms with Gasteiger partial charge >= 0.3 is 12.1 Å². The lowest BCUT2D eigenvalue weighted by Gasteiger charge is -2.26. The van der Waals surface area contributed by atoms with Gasteiger partial charge in [0.15, 0.2) is 0 Å². The number of nitrogens with zero attached hydrogens (tertiary/aromatic N) is 2. The Balaban J connectivity index is 0.000000318. The molecular weight excluding hydrogens is 441 g/mol. The van der Waals surface area contributed by atoms with E-state index in [1.165, 1.54) is 4.88 Å². The summed E-state index contributed by atoms with van der Waals surface area (Å²) in [7, 11) is 0. The Bertz CT molecular complexity index is 828. The van der Waals surface area contributed by atoms with Crippen LogP contribution in [0, 0.1) is 18.3 Å². The quantitative estimate of drug-likeness (QED) is 0.701. The molecule has 30 heavy (non-hydrogen) atoms. The van der Waals surface area contributed by atoms with Crippen LogP contribution in [0.3, 0.4) is 0 Å². The molecule has 1 N–H and O–H groups in total. The predicted molar refractivity (Wildman–Crippen MR) is 107 cm³/mol. The lowest BCUT2D eigenvalue weighted by atomic mass is 9.82. The molecule has 0 bridgehead atoms. The standard InChI is InChI=1S/C17H22N2O2S2.C2HF3O2/c1-13-18-15(9-23-13)8-21-12-17-10-19(5-14(17)7-20-11-17)6-16-3-2-4-22-16;3-2(4,5)1(6)7/h2-4,9,14H,5-8,10-12H2,1H3;(H,6,7)/t14-,17+;/m1./s1. The first-order valence-electron chi connectivity index (χ1n) is 9.29. The third kappa shape index (κ3) is 6.01. The summed E-state index contributed by atoms with van der Waals surface area (Å²) in [4.78, 5) is 17.4. The summed E-state index contributed by atoms with van der Waals surface area (Å²) >= 11 is 3.53. The molecule has 2 aromatic heterocycles. The SMILES string of the molecule is Cc1nc(COC[C@]23COC[C@H]2CN(Cc2cccs2)C3)cs1.O=C(O)C(F)(F)F. The summed E-state index contributed by atoms with van der Waals surface area (Å²) in [6.07, 6.45) is -5.08. The summed E-state index contributed by atoms with van der Waals surface area (Å²) < 4.78 is 43.6. The summed E-state index contributed by atoms with van der Waals surface area (Å²) in [5.74, 6) is -2.16. The summed E-state index contributed by atoms with van der Waals surface area (Å²) in [6.45, 7) is 8.38. The zero-order valence-corrected chi connectivity index (χ0v) is 18.0. The molecule has 11 heteroatoms. The maximum Gasteiger partial charge on any atom is 0.490 e. The number of ether oxygens (including phenoxy) is 2. The second kappa shape index (κ2) is 9.73. The minimum atomic E-state index is -5.08. The first kappa shape index (κ1) is 23.1. The van der Waals surface area contributed by atoms with Gasteiger partial charge in [-0.15, -0.1) is 22.7 Å². The van der Waals surface area contributed by atoms with Crippen LogP contribution in [0.5, 0.6) is 0 Å². The van der Waals surface area contributed by atoms with Crippen molar-refractivity contribution in [1.29, 1.82) is 0 Å². The number of hydrogen-bond donors (Lipinski definition) is 1. The molecule has 4 heterocycles. The molecule has 2 aliphatic heterocycles. The van der Waals surface area contributed by atoms with Crippen LogP contribution in [0.2, 0.25) is 0 Å². The number of hydrogen-bond acceptors (Lipinski definition) is 7. The fourth-order valence-electron chi connectivity index (χ4n) is 3.72. The van der Waals surface area contributed by atoms with Crippen LogP contribution < -0.4 is 0 Å². The van der Waals surface area contributed by atoms with Crippen molar-refractivity contribution < 1.29 is 32.5 Å². The number of fused-ring (bicyclic) bond motifs is 1.